The third-order valence-electron chi connectivity index (χ3n) is 4.13. The van der Waals surface area contributed by atoms with Crippen LogP contribution >= 0.6 is 0 Å². The second-order valence-electron chi connectivity index (χ2n) is 6.51. The number of nitrogens with one attached hydrogen (secondary N) is 1. The minimum absolute atomic E-state index is 0.115. The number of ether oxygens (including phenoxy) is 1. The molecule has 3 aromatic rings. The molecule has 3 aromatic carbocycles. The van der Waals surface area contributed by atoms with Crippen molar-refractivity contribution in [1.82, 2.24) is 4.90 Å². The van der Waals surface area contributed by atoms with Gasteiger partial charge in [-0.25, -0.2) is 0 Å². The summed E-state index contributed by atoms with van der Waals surface area (Å²) in [6.07, 6.45) is 0. The van der Waals surface area contributed by atoms with Crippen molar-refractivity contribution in [1.29, 1.82) is 0 Å². The fourth-order valence-electron chi connectivity index (χ4n) is 2.71. The predicted octanol–water partition coefficient (Wildman–Crippen LogP) is 4.07. The first-order chi connectivity index (χ1) is 13.5. The van der Waals surface area contributed by atoms with E-state index >= 15 is 0 Å². The van der Waals surface area contributed by atoms with Crippen LogP contribution in [0, 0.1) is 0 Å². The van der Waals surface area contributed by atoms with Gasteiger partial charge in [0.05, 0.1) is 0 Å². The van der Waals surface area contributed by atoms with Crippen molar-refractivity contribution in [3.63, 3.8) is 0 Å². The van der Waals surface area contributed by atoms with Gasteiger partial charge in [-0.3, -0.25) is 9.59 Å². The zero-order valence-electron chi connectivity index (χ0n) is 15.9. The van der Waals surface area contributed by atoms with Gasteiger partial charge in [-0.15, -0.1) is 0 Å². The number of amides is 2. The molecule has 0 heterocycles. The minimum atomic E-state index is -0.290. The maximum Gasteiger partial charge on any atom is 0.262 e. The van der Waals surface area contributed by atoms with Crippen molar-refractivity contribution in [2.24, 2.45) is 0 Å². The molecule has 0 saturated heterocycles. The summed E-state index contributed by atoms with van der Waals surface area (Å²) >= 11 is 0. The van der Waals surface area contributed by atoms with Gasteiger partial charge in [-0.2, -0.15) is 0 Å². The summed E-state index contributed by atoms with van der Waals surface area (Å²) < 4.78 is 5.56. The smallest absolute Gasteiger partial charge is 0.262 e. The van der Waals surface area contributed by atoms with Crippen LogP contribution in [0.15, 0.2) is 78.9 Å². The van der Waals surface area contributed by atoms with Crippen LogP contribution in [-0.2, 0) is 4.79 Å². The molecule has 0 atom stereocenters. The molecule has 0 aliphatic rings. The summed E-state index contributed by atoms with van der Waals surface area (Å²) in [6.45, 7) is -0.115. The third-order valence-corrected chi connectivity index (χ3v) is 4.13. The molecule has 3 rings (SSSR count). The number of nitrogens with zero attached hydrogens (tertiary/aromatic N) is 1. The van der Waals surface area contributed by atoms with Gasteiger partial charge in [0, 0.05) is 25.3 Å². The quantitative estimate of drug-likeness (QED) is 0.707. The third kappa shape index (κ3) is 4.98. The molecular weight excluding hydrogens is 352 g/mol. The number of anilines is 1. The van der Waals surface area contributed by atoms with E-state index in [4.69, 9.17) is 4.74 Å². The molecule has 0 aromatic heterocycles. The van der Waals surface area contributed by atoms with E-state index in [-0.39, 0.29) is 18.4 Å². The van der Waals surface area contributed by atoms with Crippen LogP contribution in [0.25, 0.3) is 11.1 Å². The Morgan fingerprint density at radius 1 is 0.857 bits per heavy atom. The van der Waals surface area contributed by atoms with Gasteiger partial charge in [0.2, 0.25) is 0 Å². The fourth-order valence-corrected chi connectivity index (χ4v) is 2.71. The summed E-state index contributed by atoms with van der Waals surface area (Å²) in [4.78, 5) is 25.7. The van der Waals surface area contributed by atoms with Crippen LogP contribution in [0.2, 0.25) is 0 Å². The van der Waals surface area contributed by atoms with E-state index in [0.717, 1.165) is 11.1 Å². The summed E-state index contributed by atoms with van der Waals surface area (Å²) in [7, 11) is 3.37. The SMILES string of the molecule is CN(C)C(=O)c1cccc(NC(=O)COc2ccc(-c3ccccc3)cc2)c1. The first-order valence-electron chi connectivity index (χ1n) is 8.93. The number of carbonyl (C=O) groups is 2. The van der Waals surface area contributed by atoms with Crippen molar-refractivity contribution in [2.75, 3.05) is 26.0 Å². The molecule has 0 unspecified atom stereocenters. The average molecular weight is 374 g/mol. The van der Waals surface area contributed by atoms with E-state index in [9.17, 15) is 9.59 Å². The maximum atomic E-state index is 12.2. The molecule has 5 heteroatoms. The van der Waals surface area contributed by atoms with E-state index < -0.39 is 0 Å². The highest BCUT2D eigenvalue weighted by Crippen LogP contribution is 2.22. The van der Waals surface area contributed by atoms with E-state index in [1.54, 1.807) is 38.4 Å². The lowest BCUT2D eigenvalue weighted by molar-refractivity contribution is -0.118. The largest absolute Gasteiger partial charge is 0.484 e. The summed E-state index contributed by atoms with van der Waals surface area (Å²) in [5, 5.41) is 2.75. The van der Waals surface area contributed by atoms with Crippen LogP contribution in [0.3, 0.4) is 0 Å². The normalized spacial score (nSPS) is 10.2. The Labute approximate surface area is 164 Å². The van der Waals surface area contributed by atoms with E-state index in [2.05, 4.69) is 5.32 Å². The van der Waals surface area contributed by atoms with Gasteiger partial charge in [0.15, 0.2) is 6.61 Å². The number of carbonyl (C=O) groups excluding carboxylic acids is 2. The Hall–Kier alpha value is -3.60. The van der Waals surface area contributed by atoms with E-state index in [0.29, 0.717) is 17.0 Å². The van der Waals surface area contributed by atoms with Crippen LogP contribution in [-0.4, -0.2) is 37.4 Å². The highest BCUT2D eigenvalue weighted by molar-refractivity contribution is 5.97. The second kappa shape index (κ2) is 8.86. The lowest BCUT2D eigenvalue weighted by Gasteiger charge is -2.12. The van der Waals surface area contributed by atoms with Crippen LogP contribution in [0.1, 0.15) is 10.4 Å². The molecule has 28 heavy (non-hydrogen) atoms. The highest BCUT2D eigenvalue weighted by atomic mass is 16.5. The van der Waals surface area contributed by atoms with Crippen molar-refractivity contribution in [2.45, 2.75) is 0 Å². The molecule has 5 nitrogen and oxygen atoms in total. The van der Waals surface area contributed by atoms with Gasteiger partial charge in [0.1, 0.15) is 5.75 Å². The molecule has 0 aliphatic heterocycles. The van der Waals surface area contributed by atoms with Crippen LogP contribution in [0.5, 0.6) is 5.75 Å². The number of benzene rings is 3. The fraction of sp³-hybridized carbons (Fsp3) is 0.130. The topological polar surface area (TPSA) is 58.6 Å². The van der Waals surface area contributed by atoms with Crippen LogP contribution < -0.4 is 10.1 Å². The summed E-state index contributed by atoms with van der Waals surface area (Å²) in [5.41, 5.74) is 3.28. The van der Waals surface area contributed by atoms with Gasteiger partial charge in [-0.05, 0) is 41.5 Å². The lowest BCUT2D eigenvalue weighted by Crippen LogP contribution is -2.23. The molecule has 0 radical (unpaired) electrons. The van der Waals surface area contributed by atoms with Gasteiger partial charge in [-0.1, -0.05) is 48.5 Å². The Bertz CT molecular complexity index is 951. The average Bonchev–Trinajstić information content (AvgIpc) is 2.73. The monoisotopic (exact) mass is 374 g/mol. The van der Waals surface area contributed by atoms with E-state index in [1.165, 1.54) is 4.90 Å². The highest BCUT2D eigenvalue weighted by Gasteiger charge is 2.10. The second-order valence-corrected chi connectivity index (χ2v) is 6.51. The molecule has 0 spiro atoms. The Kier molecular flexibility index (Phi) is 6.07. The Morgan fingerprint density at radius 3 is 2.21 bits per heavy atom. The maximum absolute atomic E-state index is 12.2. The van der Waals surface area contributed by atoms with Gasteiger partial charge >= 0.3 is 0 Å². The van der Waals surface area contributed by atoms with Gasteiger partial charge in [0.25, 0.3) is 11.8 Å². The standard InChI is InChI=1S/C23H22N2O3/c1-25(2)23(27)19-9-6-10-20(15-19)24-22(26)16-28-21-13-11-18(12-14-21)17-7-4-3-5-8-17/h3-15H,16H2,1-2H3,(H,24,26). The zero-order chi connectivity index (χ0) is 19.9. The molecule has 142 valence electrons. The molecule has 0 aliphatic carbocycles. The number of hydrogen-bond acceptors (Lipinski definition) is 3. The Morgan fingerprint density at radius 2 is 1.54 bits per heavy atom. The first-order valence-corrected chi connectivity index (χ1v) is 8.93. The Balaban J connectivity index is 1.56. The van der Waals surface area contributed by atoms with Gasteiger partial charge < -0.3 is 15.0 Å². The molecule has 0 bridgehead atoms. The summed E-state index contributed by atoms with van der Waals surface area (Å²) in [6, 6.07) is 24.5. The van der Waals surface area contributed by atoms with Crippen molar-refractivity contribution in [3.8, 4) is 16.9 Å². The molecular formula is C23H22N2O3. The molecule has 1 N–H and O–H groups in total. The molecule has 0 fully saturated rings. The van der Waals surface area contributed by atoms with E-state index in [1.807, 2.05) is 54.6 Å². The summed E-state index contributed by atoms with van der Waals surface area (Å²) in [5.74, 6) is 0.207. The van der Waals surface area contributed by atoms with Crippen LogP contribution in [0.4, 0.5) is 5.69 Å². The zero-order valence-corrected chi connectivity index (χ0v) is 15.9. The lowest BCUT2D eigenvalue weighted by atomic mass is 10.1. The predicted molar refractivity (Wildman–Crippen MR) is 110 cm³/mol. The number of hydrogen-bond donors (Lipinski definition) is 1. The molecule has 0 saturated carbocycles. The molecule has 2 amide bonds. The number of rotatable bonds is 6. The first kappa shape index (κ1) is 19.2. The minimum Gasteiger partial charge on any atom is -0.484 e. The van der Waals surface area contributed by atoms with Crippen molar-refractivity contribution >= 4 is 17.5 Å². The van der Waals surface area contributed by atoms with Crippen molar-refractivity contribution in [3.05, 3.63) is 84.4 Å². The van der Waals surface area contributed by atoms with Crippen molar-refractivity contribution < 1.29 is 14.3 Å².